The molecular formula is C21H26N4O4. The van der Waals surface area contributed by atoms with Crippen LogP contribution in [-0.4, -0.2) is 85.4 Å². The molecule has 0 unspecified atom stereocenters. The second-order valence-electron chi connectivity index (χ2n) is 7.74. The lowest BCUT2D eigenvalue weighted by atomic mass is 10.1. The number of likely N-dealkylation sites (tertiary alicyclic amines) is 1. The lowest BCUT2D eigenvalue weighted by molar-refractivity contribution is -0.00461. The minimum Gasteiger partial charge on any atom is -0.378 e. The van der Waals surface area contributed by atoms with Crippen LogP contribution in [0.5, 0.6) is 0 Å². The Morgan fingerprint density at radius 3 is 2.31 bits per heavy atom. The van der Waals surface area contributed by atoms with Gasteiger partial charge >= 0.3 is 0 Å². The number of carbonyl (C=O) groups is 1. The first-order chi connectivity index (χ1) is 14.3. The number of aromatic nitrogens is 2. The molecule has 1 aromatic carbocycles. The highest BCUT2D eigenvalue weighted by Crippen LogP contribution is 2.25. The molecule has 3 aliphatic rings. The van der Waals surface area contributed by atoms with Crippen LogP contribution in [0, 0.1) is 0 Å². The molecule has 0 radical (unpaired) electrons. The van der Waals surface area contributed by atoms with E-state index in [-0.39, 0.29) is 24.2 Å². The number of ether oxygens (including phenoxy) is 3. The number of nitrogens with zero attached hydrogens (tertiary/aromatic N) is 4. The topological polar surface area (TPSA) is 69.1 Å². The van der Waals surface area contributed by atoms with E-state index in [1.807, 2.05) is 46.1 Å². The summed E-state index contributed by atoms with van der Waals surface area (Å²) in [5.74, 6) is 0.0300. The maximum Gasteiger partial charge on any atom is 0.254 e. The van der Waals surface area contributed by atoms with E-state index in [0.717, 1.165) is 32.0 Å². The van der Waals surface area contributed by atoms with Crippen molar-refractivity contribution in [3.8, 4) is 0 Å². The average Bonchev–Trinajstić information content (AvgIpc) is 3.41. The maximum atomic E-state index is 13.0. The summed E-state index contributed by atoms with van der Waals surface area (Å²) in [6.07, 6.45) is 3.50. The van der Waals surface area contributed by atoms with Crippen molar-refractivity contribution in [2.24, 2.45) is 0 Å². The number of carbonyl (C=O) groups excluding carboxylic acids is 1. The number of amides is 1. The van der Waals surface area contributed by atoms with Crippen molar-refractivity contribution < 1.29 is 19.0 Å². The van der Waals surface area contributed by atoms with Gasteiger partial charge in [-0.3, -0.25) is 9.48 Å². The Kier molecular flexibility index (Phi) is 5.22. The molecule has 154 valence electrons. The monoisotopic (exact) mass is 398 g/mol. The van der Waals surface area contributed by atoms with Gasteiger partial charge < -0.3 is 24.0 Å². The fourth-order valence-electron chi connectivity index (χ4n) is 4.22. The predicted molar refractivity (Wildman–Crippen MR) is 106 cm³/mol. The zero-order valence-corrected chi connectivity index (χ0v) is 16.4. The predicted octanol–water partition coefficient (Wildman–Crippen LogP) is 1.20. The van der Waals surface area contributed by atoms with Gasteiger partial charge in [0.2, 0.25) is 0 Å². The average molecular weight is 398 g/mol. The molecule has 3 aliphatic heterocycles. The standard InChI is InChI=1S/C21H26N4O4/c26-21(16-2-4-17(5-3-16)23-8-10-27-11-9-23)24-12-19-20(13-24)29-15-18(14-28-19)25-7-1-6-22-25/h1-7,18-20H,8-15H2/t19-,20-/m0/s1. The third-order valence-corrected chi connectivity index (χ3v) is 5.90. The number of rotatable bonds is 3. The van der Waals surface area contributed by atoms with Crippen molar-refractivity contribution in [2.45, 2.75) is 18.2 Å². The Morgan fingerprint density at radius 2 is 1.69 bits per heavy atom. The Morgan fingerprint density at radius 1 is 1.00 bits per heavy atom. The fourth-order valence-corrected chi connectivity index (χ4v) is 4.22. The quantitative estimate of drug-likeness (QED) is 0.774. The zero-order valence-electron chi connectivity index (χ0n) is 16.4. The number of hydrogen-bond donors (Lipinski definition) is 0. The molecule has 2 aromatic rings. The molecule has 0 bridgehead atoms. The van der Waals surface area contributed by atoms with Gasteiger partial charge in [-0.25, -0.2) is 0 Å². The summed E-state index contributed by atoms with van der Waals surface area (Å²) in [5.41, 5.74) is 1.83. The van der Waals surface area contributed by atoms with E-state index in [4.69, 9.17) is 14.2 Å². The molecule has 4 heterocycles. The molecule has 8 nitrogen and oxygen atoms in total. The van der Waals surface area contributed by atoms with Gasteiger partial charge in [0.05, 0.1) is 32.5 Å². The van der Waals surface area contributed by atoms with Gasteiger partial charge in [0, 0.05) is 49.8 Å². The highest BCUT2D eigenvalue weighted by molar-refractivity contribution is 5.94. The second-order valence-corrected chi connectivity index (χ2v) is 7.74. The van der Waals surface area contributed by atoms with Crippen LogP contribution < -0.4 is 4.90 Å². The minimum atomic E-state index is -0.0906. The lowest BCUT2D eigenvalue weighted by Gasteiger charge is -2.29. The molecule has 0 N–H and O–H groups in total. The van der Waals surface area contributed by atoms with Crippen LogP contribution in [0.25, 0.3) is 0 Å². The molecule has 1 aromatic heterocycles. The van der Waals surface area contributed by atoms with Crippen molar-refractivity contribution in [3.05, 3.63) is 48.3 Å². The molecule has 3 saturated heterocycles. The number of benzene rings is 1. The van der Waals surface area contributed by atoms with Gasteiger partial charge in [0.25, 0.3) is 5.91 Å². The van der Waals surface area contributed by atoms with Crippen molar-refractivity contribution in [1.82, 2.24) is 14.7 Å². The first kappa shape index (κ1) is 18.6. The summed E-state index contributed by atoms with van der Waals surface area (Å²) in [5, 5.41) is 4.28. The highest BCUT2D eigenvalue weighted by atomic mass is 16.6. The summed E-state index contributed by atoms with van der Waals surface area (Å²) in [7, 11) is 0. The van der Waals surface area contributed by atoms with Crippen LogP contribution in [-0.2, 0) is 14.2 Å². The van der Waals surface area contributed by atoms with Crippen LogP contribution in [0.3, 0.4) is 0 Å². The SMILES string of the molecule is O=C(c1ccc(N2CCOCC2)cc1)N1C[C@@H]2OCC(n3cccn3)CO[C@H]2C1. The second kappa shape index (κ2) is 8.14. The molecule has 3 fully saturated rings. The Labute approximate surface area is 169 Å². The fraction of sp³-hybridized carbons (Fsp3) is 0.524. The van der Waals surface area contributed by atoms with Crippen LogP contribution >= 0.6 is 0 Å². The molecule has 2 atom stereocenters. The summed E-state index contributed by atoms with van der Waals surface area (Å²) in [6.45, 7) is 5.46. The van der Waals surface area contributed by atoms with E-state index >= 15 is 0 Å². The van der Waals surface area contributed by atoms with E-state index in [1.165, 1.54) is 0 Å². The third-order valence-electron chi connectivity index (χ3n) is 5.90. The Hall–Kier alpha value is -2.42. The normalized spacial score (nSPS) is 25.7. The Balaban J connectivity index is 1.20. The largest absolute Gasteiger partial charge is 0.378 e. The van der Waals surface area contributed by atoms with Crippen molar-refractivity contribution >= 4 is 11.6 Å². The Bertz CT molecular complexity index is 804. The lowest BCUT2D eigenvalue weighted by Crippen LogP contribution is -2.36. The first-order valence-electron chi connectivity index (χ1n) is 10.2. The van der Waals surface area contributed by atoms with Gasteiger partial charge in [-0.2, -0.15) is 5.10 Å². The van der Waals surface area contributed by atoms with Crippen LogP contribution in [0.15, 0.2) is 42.7 Å². The van der Waals surface area contributed by atoms with Gasteiger partial charge in [0.1, 0.15) is 12.2 Å². The molecule has 5 rings (SSSR count). The molecule has 0 spiro atoms. The third kappa shape index (κ3) is 3.88. The van der Waals surface area contributed by atoms with Gasteiger partial charge in [-0.15, -0.1) is 0 Å². The van der Waals surface area contributed by atoms with Crippen LogP contribution in [0.1, 0.15) is 16.4 Å². The molecule has 8 heteroatoms. The van der Waals surface area contributed by atoms with Crippen molar-refractivity contribution in [1.29, 1.82) is 0 Å². The van der Waals surface area contributed by atoms with Crippen LogP contribution in [0.2, 0.25) is 0 Å². The summed E-state index contributed by atoms with van der Waals surface area (Å²) in [6, 6.07) is 9.85. The molecule has 0 saturated carbocycles. The van der Waals surface area contributed by atoms with E-state index < -0.39 is 0 Å². The van der Waals surface area contributed by atoms with Crippen molar-refractivity contribution in [2.75, 3.05) is 57.5 Å². The van der Waals surface area contributed by atoms with Gasteiger partial charge in [-0.1, -0.05) is 0 Å². The smallest absolute Gasteiger partial charge is 0.254 e. The first-order valence-corrected chi connectivity index (χ1v) is 10.2. The number of morpholine rings is 1. The van der Waals surface area contributed by atoms with E-state index in [0.29, 0.717) is 31.9 Å². The number of fused-ring (bicyclic) bond motifs is 1. The molecule has 29 heavy (non-hydrogen) atoms. The highest BCUT2D eigenvalue weighted by Gasteiger charge is 2.39. The minimum absolute atomic E-state index is 0.0300. The van der Waals surface area contributed by atoms with Gasteiger partial charge in [-0.05, 0) is 30.3 Å². The van der Waals surface area contributed by atoms with E-state index in [1.54, 1.807) is 6.20 Å². The zero-order chi connectivity index (χ0) is 19.6. The summed E-state index contributed by atoms with van der Waals surface area (Å²) < 4.78 is 19.4. The molecular weight excluding hydrogens is 372 g/mol. The van der Waals surface area contributed by atoms with E-state index in [2.05, 4.69) is 10.00 Å². The molecule has 0 aliphatic carbocycles. The number of anilines is 1. The summed E-state index contributed by atoms with van der Waals surface area (Å²) in [4.78, 5) is 17.1. The summed E-state index contributed by atoms with van der Waals surface area (Å²) >= 11 is 0. The number of hydrogen-bond acceptors (Lipinski definition) is 6. The van der Waals surface area contributed by atoms with Crippen LogP contribution in [0.4, 0.5) is 5.69 Å². The molecule has 1 amide bonds. The van der Waals surface area contributed by atoms with Gasteiger partial charge in [0.15, 0.2) is 0 Å². The maximum absolute atomic E-state index is 13.0. The van der Waals surface area contributed by atoms with Crippen molar-refractivity contribution in [3.63, 3.8) is 0 Å². The van der Waals surface area contributed by atoms with E-state index in [9.17, 15) is 4.79 Å².